The second-order valence-electron chi connectivity index (χ2n) is 7.61. The van der Waals surface area contributed by atoms with Gasteiger partial charge >= 0.3 is 0 Å². The maximum absolute atomic E-state index is 6.13. The van der Waals surface area contributed by atoms with Crippen molar-refractivity contribution >= 4 is 0 Å². The summed E-state index contributed by atoms with van der Waals surface area (Å²) in [6, 6.07) is 2.46. The Labute approximate surface area is 123 Å². The van der Waals surface area contributed by atoms with Gasteiger partial charge in [-0.25, -0.2) is 0 Å². The first-order valence-corrected chi connectivity index (χ1v) is 8.98. The molecule has 0 amide bonds. The maximum Gasteiger partial charge on any atom is 0.0697 e. The van der Waals surface area contributed by atoms with Crippen molar-refractivity contribution in [1.29, 1.82) is 0 Å². The smallest absolute Gasteiger partial charge is 0.0697 e. The van der Waals surface area contributed by atoms with Crippen molar-refractivity contribution in [2.24, 2.45) is 0 Å². The summed E-state index contributed by atoms with van der Waals surface area (Å²) in [5.74, 6) is 0. The molecule has 3 heteroatoms. The SMILES string of the molecule is C1CCC(CN(C2CC2)C2CCOC3(CCC3)C2)NC1. The minimum Gasteiger partial charge on any atom is -0.375 e. The third-order valence-electron chi connectivity index (χ3n) is 6.06. The summed E-state index contributed by atoms with van der Waals surface area (Å²) in [6.07, 6.45) is 13.7. The molecular weight excluding hydrogens is 248 g/mol. The molecule has 2 unspecified atom stereocenters. The van der Waals surface area contributed by atoms with Crippen molar-refractivity contribution in [2.45, 2.75) is 87.9 Å². The normalized spacial score (nSPS) is 37.0. The Morgan fingerprint density at radius 2 is 1.90 bits per heavy atom. The highest BCUT2D eigenvalue weighted by Crippen LogP contribution is 2.45. The van der Waals surface area contributed by atoms with Gasteiger partial charge < -0.3 is 10.1 Å². The van der Waals surface area contributed by atoms with Crippen LogP contribution >= 0.6 is 0 Å². The fraction of sp³-hybridized carbons (Fsp3) is 1.00. The van der Waals surface area contributed by atoms with Crippen LogP contribution < -0.4 is 5.32 Å². The van der Waals surface area contributed by atoms with E-state index in [-0.39, 0.29) is 0 Å². The Morgan fingerprint density at radius 3 is 2.55 bits per heavy atom. The molecular formula is C17H30N2O. The van der Waals surface area contributed by atoms with Crippen molar-refractivity contribution in [3.05, 3.63) is 0 Å². The summed E-state index contributed by atoms with van der Waals surface area (Å²) in [5.41, 5.74) is 0.302. The minimum atomic E-state index is 0.302. The van der Waals surface area contributed by atoms with Gasteiger partial charge in [-0.15, -0.1) is 0 Å². The molecule has 2 atom stereocenters. The number of hydrogen-bond acceptors (Lipinski definition) is 3. The molecule has 2 aliphatic carbocycles. The second kappa shape index (κ2) is 5.58. The van der Waals surface area contributed by atoms with E-state index >= 15 is 0 Å². The van der Waals surface area contributed by atoms with Crippen LogP contribution in [0, 0.1) is 0 Å². The highest BCUT2D eigenvalue weighted by molar-refractivity contribution is 5.00. The fourth-order valence-electron chi connectivity index (χ4n) is 4.54. The van der Waals surface area contributed by atoms with Gasteiger partial charge in [0, 0.05) is 31.3 Å². The quantitative estimate of drug-likeness (QED) is 0.856. The van der Waals surface area contributed by atoms with E-state index in [0.717, 1.165) is 24.7 Å². The average Bonchev–Trinajstić information content (AvgIpc) is 3.29. The predicted molar refractivity (Wildman–Crippen MR) is 80.9 cm³/mol. The summed E-state index contributed by atoms with van der Waals surface area (Å²) >= 11 is 0. The van der Waals surface area contributed by atoms with Crippen molar-refractivity contribution in [3.63, 3.8) is 0 Å². The van der Waals surface area contributed by atoms with Crippen LogP contribution in [0.4, 0.5) is 0 Å². The predicted octanol–water partition coefficient (Wildman–Crippen LogP) is 2.69. The zero-order valence-corrected chi connectivity index (χ0v) is 12.8. The summed E-state index contributed by atoms with van der Waals surface area (Å²) in [6.45, 7) is 3.54. The van der Waals surface area contributed by atoms with E-state index in [2.05, 4.69) is 10.2 Å². The van der Waals surface area contributed by atoms with Gasteiger partial charge in [0.15, 0.2) is 0 Å². The number of rotatable bonds is 4. The highest BCUT2D eigenvalue weighted by atomic mass is 16.5. The van der Waals surface area contributed by atoms with Crippen LogP contribution in [0.2, 0.25) is 0 Å². The summed E-state index contributed by atoms with van der Waals surface area (Å²) in [4.78, 5) is 2.88. The average molecular weight is 278 g/mol. The number of hydrogen-bond donors (Lipinski definition) is 1. The molecule has 2 saturated carbocycles. The second-order valence-corrected chi connectivity index (χ2v) is 7.61. The molecule has 4 aliphatic rings. The van der Waals surface area contributed by atoms with E-state index < -0.39 is 0 Å². The van der Waals surface area contributed by atoms with E-state index in [4.69, 9.17) is 4.74 Å². The molecule has 114 valence electrons. The first-order valence-electron chi connectivity index (χ1n) is 8.98. The molecule has 4 fully saturated rings. The van der Waals surface area contributed by atoms with Crippen LogP contribution in [0.15, 0.2) is 0 Å². The first kappa shape index (κ1) is 13.5. The Balaban J connectivity index is 1.39. The molecule has 2 saturated heterocycles. The van der Waals surface area contributed by atoms with E-state index in [1.807, 2.05) is 0 Å². The van der Waals surface area contributed by atoms with E-state index in [9.17, 15) is 0 Å². The molecule has 0 bridgehead atoms. The summed E-state index contributed by atoms with van der Waals surface area (Å²) in [5, 5.41) is 3.75. The molecule has 3 nitrogen and oxygen atoms in total. The van der Waals surface area contributed by atoms with Crippen molar-refractivity contribution in [3.8, 4) is 0 Å². The van der Waals surface area contributed by atoms with Gasteiger partial charge in [0.1, 0.15) is 0 Å². The Kier molecular flexibility index (Phi) is 3.78. The van der Waals surface area contributed by atoms with Gasteiger partial charge in [0.25, 0.3) is 0 Å². The molecule has 2 heterocycles. The lowest BCUT2D eigenvalue weighted by Gasteiger charge is -2.50. The Morgan fingerprint density at radius 1 is 1.00 bits per heavy atom. The lowest BCUT2D eigenvalue weighted by Crippen LogP contribution is -2.55. The molecule has 4 rings (SSSR count). The third-order valence-corrected chi connectivity index (χ3v) is 6.06. The molecule has 0 aromatic carbocycles. The van der Waals surface area contributed by atoms with Gasteiger partial charge in [0.2, 0.25) is 0 Å². The van der Waals surface area contributed by atoms with Gasteiger partial charge in [-0.1, -0.05) is 6.42 Å². The minimum absolute atomic E-state index is 0.302. The third kappa shape index (κ3) is 2.77. The van der Waals surface area contributed by atoms with Crippen molar-refractivity contribution in [1.82, 2.24) is 10.2 Å². The zero-order valence-electron chi connectivity index (χ0n) is 12.8. The van der Waals surface area contributed by atoms with Crippen molar-refractivity contribution in [2.75, 3.05) is 19.7 Å². The van der Waals surface area contributed by atoms with E-state index in [1.165, 1.54) is 77.3 Å². The molecule has 1 N–H and O–H groups in total. The molecule has 0 aromatic heterocycles. The monoisotopic (exact) mass is 278 g/mol. The number of ether oxygens (including phenoxy) is 1. The van der Waals surface area contributed by atoms with Crippen LogP contribution in [-0.4, -0.2) is 48.3 Å². The van der Waals surface area contributed by atoms with Crippen LogP contribution in [0.5, 0.6) is 0 Å². The van der Waals surface area contributed by atoms with Crippen LogP contribution in [-0.2, 0) is 4.74 Å². The van der Waals surface area contributed by atoms with Gasteiger partial charge in [-0.05, 0) is 64.3 Å². The van der Waals surface area contributed by atoms with E-state index in [0.29, 0.717) is 5.60 Å². The van der Waals surface area contributed by atoms with Gasteiger partial charge in [-0.3, -0.25) is 4.90 Å². The highest BCUT2D eigenvalue weighted by Gasteiger charge is 2.46. The number of piperidine rings is 1. The fourth-order valence-corrected chi connectivity index (χ4v) is 4.54. The zero-order chi connectivity index (χ0) is 13.4. The summed E-state index contributed by atoms with van der Waals surface area (Å²) in [7, 11) is 0. The largest absolute Gasteiger partial charge is 0.375 e. The number of nitrogens with one attached hydrogen (secondary N) is 1. The van der Waals surface area contributed by atoms with Gasteiger partial charge in [-0.2, -0.15) is 0 Å². The summed E-state index contributed by atoms with van der Waals surface area (Å²) < 4.78 is 6.13. The topological polar surface area (TPSA) is 24.5 Å². The van der Waals surface area contributed by atoms with Crippen LogP contribution in [0.25, 0.3) is 0 Å². The van der Waals surface area contributed by atoms with Crippen LogP contribution in [0.1, 0.15) is 64.2 Å². The van der Waals surface area contributed by atoms with Crippen molar-refractivity contribution < 1.29 is 4.74 Å². The van der Waals surface area contributed by atoms with Crippen LogP contribution in [0.3, 0.4) is 0 Å². The lowest BCUT2D eigenvalue weighted by atomic mass is 9.73. The van der Waals surface area contributed by atoms with Gasteiger partial charge in [0.05, 0.1) is 5.60 Å². The lowest BCUT2D eigenvalue weighted by molar-refractivity contribution is -0.150. The molecule has 1 spiro atoms. The standard InChI is InChI=1S/C17H30N2O/c1-2-10-18-14(4-1)13-19(15-5-6-15)16-7-11-20-17(12-16)8-3-9-17/h14-16,18H,1-13H2. The maximum atomic E-state index is 6.13. The molecule has 20 heavy (non-hydrogen) atoms. The Hall–Kier alpha value is -0.120. The number of nitrogens with zero attached hydrogens (tertiary/aromatic N) is 1. The van der Waals surface area contributed by atoms with E-state index in [1.54, 1.807) is 0 Å². The molecule has 0 aromatic rings. The first-order chi connectivity index (χ1) is 9.85. The molecule has 0 radical (unpaired) electrons. The molecule has 2 aliphatic heterocycles. The Bertz CT molecular complexity index is 332.